The molecule has 0 aliphatic carbocycles. The molecule has 0 aliphatic rings. The maximum absolute atomic E-state index is 9.04. The molecule has 0 heterocycles. The minimum atomic E-state index is 0.504. The molecule has 2 aromatic rings. The summed E-state index contributed by atoms with van der Waals surface area (Å²) in [6.45, 7) is 1.11. The molecule has 0 atom stereocenters. The average Bonchev–Trinajstić information content (AvgIpc) is 2.52. The molecule has 0 saturated carbocycles. The number of halogens is 1. The van der Waals surface area contributed by atoms with E-state index < -0.39 is 0 Å². The normalized spacial score (nSPS) is 9.76. The van der Waals surface area contributed by atoms with Crippen LogP contribution >= 0.6 is 15.9 Å². The first-order chi connectivity index (χ1) is 10.2. The van der Waals surface area contributed by atoms with Gasteiger partial charge in [0.05, 0.1) is 18.4 Å². The molecular weight excluding hydrogens is 332 g/mol. The predicted octanol–water partition coefficient (Wildman–Crippen LogP) is 3.82. The van der Waals surface area contributed by atoms with Crippen LogP contribution in [0.5, 0.6) is 11.5 Å². The van der Waals surface area contributed by atoms with E-state index in [2.05, 4.69) is 27.3 Å². The molecule has 0 radical (unpaired) electrons. The number of anilines is 1. The van der Waals surface area contributed by atoms with Crippen molar-refractivity contribution >= 4 is 21.6 Å². The minimum absolute atomic E-state index is 0.504. The second-order valence-electron chi connectivity index (χ2n) is 4.25. The van der Waals surface area contributed by atoms with Crippen LogP contribution in [0.4, 0.5) is 5.69 Å². The van der Waals surface area contributed by atoms with Crippen LogP contribution in [0.3, 0.4) is 0 Å². The molecule has 2 rings (SSSR count). The Morgan fingerprint density at radius 3 is 2.52 bits per heavy atom. The topological polar surface area (TPSA) is 54.3 Å². The number of benzene rings is 2. The minimum Gasteiger partial charge on any atom is -0.497 e. The van der Waals surface area contributed by atoms with Gasteiger partial charge >= 0.3 is 0 Å². The van der Waals surface area contributed by atoms with Gasteiger partial charge in [0.25, 0.3) is 0 Å². The summed E-state index contributed by atoms with van der Waals surface area (Å²) >= 11 is 3.39. The molecule has 0 bridgehead atoms. The summed E-state index contributed by atoms with van der Waals surface area (Å²) in [6.07, 6.45) is 0. The molecule has 1 N–H and O–H groups in total. The number of hydrogen-bond acceptors (Lipinski definition) is 4. The number of nitrogens with one attached hydrogen (secondary N) is 1. The fraction of sp³-hybridized carbons (Fsp3) is 0.188. The van der Waals surface area contributed by atoms with Gasteiger partial charge in [0.2, 0.25) is 0 Å². The van der Waals surface area contributed by atoms with Crippen LogP contribution in [-0.2, 0) is 0 Å². The lowest BCUT2D eigenvalue weighted by atomic mass is 10.2. The largest absolute Gasteiger partial charge is 0.497 e. The number of methoxy groups -OCH3 is 1. The summed E-state index contributed by atoms with van der Waals surface area (Å²) in [4.78, 5) is 0. The number of rotatable bonds is 6. The maximum Gasteiger partial charge on any atom is 0.119 e. The van der Waals surface area contributed by atoms with Gasteiger partial charge in [-0.15, -0.1) is 0 Å². The van der Waals surface area contributed by atoms with Gasteiger partial charge in [-0.2, -0.15) is 5.26 Å². The standard InChI is InChI=1S/C16H15BrN2O2/c1-20-14-4-6-15(7-5-14)21-9-8-19-16-10-13(17)3-2-12(16)11-18/h2-7,10,19H,8-9H2,1H3. The molecule has 0 spiro atoms. The van der Waals surface area contributed by atoms with Gasteiger partial charge in [-0.3, -0.25) is 0 Å². The maximum atomic E-state index is 9.04. The van der Waals surface area contributed by atoms with E-state index in [1.54, 1.807) is 13.2 Å². The van der Waals surface area contributed by atoms with E-state index >= 15 is 0 Å². The lowest BCUT2D eigenvalue weighted by Gasteiger charge is -2.10. The summed E-state index contributed by atoms with van der Waals surface area (Å²) in [5.41, 5.74) is 1.41. The number of nitrogens with zero attached hydrogens (tertiary/aromatic N) is 1. The predicted molar refractivity (Wildman–Crippen MR) is 85.8 cm³/mol. The zero-order valence-electron chi connectivity index (χ0n) is 11.6. The van der Waals surface area contributed by atoms with E-state index in [0.717, 1.165) is 21.7 Å². The number of hydrogen-bond donors (Lipinski definition) is 1. The summed E-state index contributed by atoms with van der Waals surface area (Å²) in [7, 11) is 1.63. The molecule has 108 valence electrons. The molecule has 0 aliphatic heterocycles. The Morgan fingerprint density at radius 1 is 1.14 bits per heavy atom. The van der Waals surface area contributed by atoms with Crippen molar-refractivity contribution in [3.8, 4) is 17.6 Å². The van der Waals surface area contributed by atoms with Crippen molar-refractivity contribution in [1.29, 1.82) is 5.26 Å². The lowest BCUT2D eigenvalue weighted by Crippen LogP contribution is -2.12. The van der Waals surface area contributed by atoms with Gasteiger partial charge in [0.15, 0.2) is 0 Å². The van der Waals surface area contributed by atoms with Crippen LogP contribution in [0, 0.1) is 11.3 Å². The summed E-state index contributed by atoms with van der Waals surface area (Å²) in [5, 5.41) is 12.2. The molecule has 0 aromatic heterocycles. The zero-order chi connectivity index (χ0) is 15.1. The smallest absolute Gasteiger partial charge is 0.119 e. The van der Waals surface area contributed by atoms with Crippen LogP contribution in [-0.4, -0.2) is 20.3 Å². The van der Waals surface area contributed by atoms with Gasteiger partial charge in [0, 0.05) is 11.0 Å². The van der Waals surface area contributed by atoms with E-state index in [9.17, 15) is 0 Å². The van der Waals surface area contributed by atoms with Crippen LogP contribution < -0.4 is 14.8 Å². The molecule has 0 amide bonds. The first-order valence-corrected chi connectivity index (χ1v) is 7.22. The fourth-order valence-electron chi connectivity index (χ4n) is 1.79. The first kappa shape index (κ1) is 15.2. The summed E-state index contributed by atoms with van der Waals surface area (Å²) in [6, 6.07) is 15.1. The molecule has 2 aromatic carbocycles. The number of ether oxygens (including phenoxy) is 2. The van der Waals surface area contributed by atoms with Crippen molar-refractivity contribution < 1.29 is 9.47 Å². The van der Waals surface area contributed by atoms with Crippen molar-refractivity contribution in [1.82, 2.24) is 0 Å². The van der Waals surface area contributed by atoms with Crippen LogP contribution in [0.25, 0.3) is 0 Å². The van der Waals surface area contributed by atoms with E-state index in [1.165, 1.54) is 0 Å². The van der Waals surface area contributed by atoms with Gasteiger partial charge < -0.3 is 14.8 Å². The SMILES string of the molecule is COc1ccc(OCCNc2cc(Br)ccc2C#N)cc1. The molecule has 4 nitrogen and oxygen atoms in total. The Labute approximate surface area is 132 Å². The van der Waals surface area contributed by atoms with Crippen molar-refractivity contribution in [2.24, 2.45) is 0 Å². The Morgan fingerprint density at radius 2 is 1.86 bits per heavy atom. The monoisotopic (exact) mass is 346 g/mol. The average molecular weight is 347 g/mol. The summed E-state index contributed by atoms with van der Waals surface area (Å²) < 4.78 is 11.6. The molecule has 0 saturated heterocycles. The third-order valence-electron chi connectivity index (χ3n) is 2.85. The summed E-state index contributed by atoms with van der Waals surface area (Å²) in [5.74, 6) is 1.58. The molecular formula is C16H15BrN2O2. The fourth-order valence-corrected chi connectivity index (χ4v) is 2.15. The van der Waals surface area contributed by atoms with E-state index in [1.807, 2.05) is 36.4 Å². The first-order valence-electron chi connectivity index (χ1n) is 6.43. The van der Waals surface area contributed by atoms with E-state index in [-0.39, 0.29) is 0 Å². The Kier molecular flexibility index (Phi) is 5.47. The van der Waals surface area contributed by atoms with Crippen LogP contribution in [0.15, 0.2) is 46.9 Å². The van der Waals surface area contributed by atoms with Gasteiger partial charge in [-0.05, 0) is 42.5 Å². The highest BCUT2D eigenvalue weighted by Crippen LogP contribution is 2.21. The van der Waals surface area contributed by atoms with Gasteiger partial charge in [0.1, 0.15) is 24.2 Å². The molecule has 0 unspecified atom stereocenters. The van der Waals surface area contributed by atoms with Crippen molar-refractivity contribution in [2.75, 3.05) is 25.6 Å². The molecule has 5 heteroatoms. The Hall–Kier alpha value is -2.19. The van der Waals surface area contributed by atoms with E-state index in [0.29, 0.717) is 18.7 Å². The highest BCUT2D eigenvalue weighted by Gasteiger charge is 2.02. The van der Waals surface area contributed by atoms with Crippen LogP contribution in [0.1, 0.15) is 5.56 Å². The third kappa shape index (κ3) is 4.40. The van der Waals surface area contributed by atoms with Crippen molar-refractivity contribution in [3.63, 3.8) is 0 Å². The number of nitriles is 1. The van der Waals surface area contributed by atoms with Crippen molar-refractivity contribution in [2.45, 2.75) is 0 Å². The Bertz CT molecular complexity index is 636. The van der Waals surface area contributed by atoms with Gasteiger partial charge in [-0.25, -0.2) is 0 Å². The third-order valence-corrected chi connectivity index (χ3v) is 3.34. The molecule has 0 fully saturated rings. The zero-order valence-corrected chi connectivity index (χ0v) is 13.2. The lowest BCUT2D eigenvalue weighted by molar-refractivity contribution is 0.332. The second-order valence-corrected chi connectivity index (χ2v) is 5.17. The quantitative estimate of drug-likeness (QED) is 0.807. The van der Waals surface area contributed by atoms with E-state index in [4.69, 9.17) is 14.7 Å². The highest BCUT2D eigenvalue weighted by molar-refractivity contribution is 9.10. The van der Waals surface area contributed by atoms with Crippen molar-refractivity contribution in [3.05, 3.63) is 52.5 Å². The van der Waals surface area contributed by atoms with Crippen LogP contribution in [0.2, 0.25) is 0 Å². The second kappa shape index (κ2) is 7.55. The highest BCUT2D eigenvalue weighted by atomic mass is 79.9. The van der Waals surface area contributed by atoms with Gasteiger partial charge in [-0.1, -0.05) is 15.9 Å². The molecule has 21 heavy (non-hydrogen) atoms. The Balaban J connectivity index is 1.84.